The highest BCUT2D eigenvalue weighted by molar-refractivity contribution is 6.31. The lowest BCUT2D eigenvalue weighted by atomic mass is 10.2. The van der Waals surface area contributed by atoms with E-state index in [0.717, 1.165) is 6.42 Å². The van der Waals surface area contributed by atoms with Gasteiger partial charge in [0.25, 0.3) is 0 Å². The Morgan fingerprint density at radius 2 is 2.21 bits per heavy atom. The van der Waals surface area contributed by atoms with E-state index in [1.165, 1.54) is 6.07 Å². The summed E-state index contributed by atoms with van der Waals surface area (Å²) in [5.41, 5.74) is 5.70. The third-order valence-electron chi connectivity index (χ3n) is 1.80. The molecule has 0 aliphatic carbocycles. The molecular formula is C10H13ClFNO. The Balaban J connectivity index is 2.49. The highest BCUT2D eigenvalue weighted by Gasteiger charge is 2.05. The van der Waals surface area contributed by atoms with Crippen LogP contribution in [0.3, 0.4) is 0 Å². The lowest BCUT2D eigenvalue weighted by Gasteiger charge is -2.06. The summed E-state index contributed by atoms with van der Waals surface area (Å²) in [6.45, 7) is 1.30. The summed E-state index contributed by atoms with van der Waals surface area (Å²) in [7, 11) is 0. The van der Waals surface area contributed by atoms with Crippen LogP contribution in [-0.4, -0.2) is 13.2 Å². The molecule has 78 valence electrons. The topological polar surface area (TPSA) is 35.2 Å². The Kier molecular flexibility index (Phi) is 4.87. The van der Waals surface area contributed by atoms with Crippen molar-refractivity contribution in [3.05, 3.63) is 34.6 Å². The van der Waals surface area contributed by atoms with E-state index in [1.54, 1.807) is 12.1 Å². The molecule has 1 aromatic rings. The Morgan fingerprint density at radius 1 is 1.43 bits per heavy atom. The highest BCUT2D eigenvalue weighted by atomic mass is 35.5. The van der Waals surface area contributed by atoms with Gasteiger partial charge in [0, 0.05) is 17.2 Å². The zero-order valence-corrected chi connectivity index (χ0v) is 8.56. The number of hydrogen-bond donors (Lipinski definition) is 1. The maximum atomic E-state index is 13.2. The first-order valence-electron chi connectivity index (χ1n) is 4.46. The lowest BCUT2D eigenvalue weighted by Crippen LogP contribution is -2.05. The van der Waals surface area contributed by atoms with Gasteiger partial charge >= 0.3 is 0 Å². The van der Waals surface area contributed by atoms with Crippen molar-refractivity contribution in [1.29, 1.82) is 0 Å². The largest absolute Gasteiger partial charge is 0.377 e. The number of nitrogens with two attached hydrogens (primary N) is 1. The van der Waals surface area contributed by atoms with E-state index < -0.39 is 0 Å². The van der Waals surface area contributed by atoms with E-state index in [4.69, 9.17) is 22.1 Å². The number of benzene rings is 1. The molecule has 0 unspecified atom stereocenters. The quantitative estimate of drug-likeness (QED) is 0.769. The van der Waals surface area contributed by atoms with Crippen molar-refractivity contribution < 1.29 is 9.13 Å². The van der Waals surface area contributed by atoms with Crippen LogP contribution in [0.1, 0.15) is 12.0 Å². The average molecular weight is 218 g/mol. The minimum atomic E-state index is -0.328. The van der Waals surface area contributed by atoms with E-state index in [0.29, 0.717) is 23.7 Å². The molecule has 0 bridgehead atoms. The Morgan fingerprint density at radius 3 is 2.86 bits per heavy atom. The molecular weight excluding hydrogens is 205 g/mol. The normalized spacial score (nSPS) is 10.5. The summed E-state index contributed by atoms with van der Waals surface area (Å²) < 4.78 is 18.4. The summed E-state index contributed by atoms with van der Waals surface area (Å²) in [6, 6.07) is 4.58. The SMILES string of the molecule is NCCCOCc1c(F)cccc1Cl. The fraction of sp³-hybridized carbons (Fsp3) is 0.400. The molecule has 1 aromatic carbocycles. The van der Waals surface area contributed by atoms with Crippen molar-refractivity contribution in [2.24, 2.45) is 5.73 Å². The van der Waals surface area contributed by atoms with Crippen LogP contribution in [0.2, 0.25) is 5.02 Å². The van der Waals surface area contributed by atoms with Gasteiger partial charge in [0.1, 0.15) is 5.82 Å². The smallest absolute Gasteiger partial charge is 0.130 e. The van der Waals surface area contributed by atoms with Crippen LogP contribution >= 0.6 is 11.6 Å². The second-order valence-corrected chi connectivity index (χ2v) is 3.30. The standard InChI is InChI=1S/C10H13ClFNO/c11-9-3-1-4-10(12)8(9)7-14-6-2-5-13/h1,3-4H,2,5-7,13H2. The molecule has 0 saturated carbocycles. The summed E-state index contributed by atoms with van der Waals surface area (Å²) in [4.78, 5) is 0. The Labute approximate surface area is 87.8 Å². The van der Waals surface area contributed by atoms with E-state index >= 15 is 0 Å². The van der Waals surface area contributed by atoms with Crippen molar-refractivity contribution >= 4 is 11.6 Å². The summed E-state index contributed by atoms with van der Waals surface area (Å²) in [6.07, 6.45) is 0.770. The van der Waals surface area contributed by atoms with E-state index in [9.17, 15) is 4.39 Å². The number of halogens is 2. The van der Waals surface area contributed by atoms with E-state index in [-0.39, 0.29) is 12.4 Å². The Bertz CT molecular complexity index is 273. The van der Waals surface area contributed by atoms with Crippen molar-refractivity contribution in [1.82, 2.24) is 0 Å². The maximum absolute atomic E-state index is 13.2. The van der Waals surface area contributed by atoms with Gasteiger partial charge in [-0.15, -0.1) is 0 Å². The molecule has 1 rings (SSSR count). The molecule has 0 aliphatic rings. The fourth-order valence-corrected chi connectivity index (χ4v) is 1.25. The second kappa shape index (κ2) is 5.96. The maximum Gasteiger partial charge on any atom is 0.130 e. The first-order chi connectivity index (χ1) is 6.75. The molecule has 0 atom stereocenters. The van der Waals surface area contributed by atoms with Gasteiger partial charge in [-0.1, -0.05) is 17.7 Å². The molecule has 0 aromatic heterocycles. The number of hydrogen-bond acceptors (Lipinski definition) is 2. The molecule has 0 saturated heterocycles. The minimum Gasteiger partial charge on any atom is -0.377 e. The highest BCUT2D eigenvalue weighted by Crippen LogP contribution is 2.19. The van der Waals surface area contributed by atoms with Crippen molar-refractivity contribution in [2.75, 3.05) is 13.2 Å². The molecule has 0 amide bonds. The van der Waals surface area contributed by atoms with Gasteiger partial charge in [-0.3, -0.25) is 0 Å². The monoisotopic (exact) mass is 217 g/mol. The molecule has 0 spiro atoms. The zero-order chi connectivity index (χ0) is 10.4. The second-order valence-electron chi connectivity index (χ2n) is 2.90. The van der Waals surface area contributed by atoms with Crippen LogP contribution in [0.25, 0.3) is 0 Å². The predicted octanol–water partition coefficient (Wildman–Crippen LogP) is 2.34. The minimum absolute atomic E-state index is 0.200. The van der Waals surface area contributed by atoms with Crippen LogP contribution in [0, 0.1) is 5.82 Å². The van der Waals surface area contributed by atoms with Crippen LogP contribution < -0.4 is 5.73 Å². The summed E-state index contributed by atoms with van der Waals surface area (Å²) in [5, 5.41) is 0.401. The van der Waals surface area contributed by atoms with Crippen LogP contribution in [0.15, 0.2) is 18.2 Å². The fourth-order valence-electron chi connectivity index (χ4n) is 1.03. The van der Waals surface area contributed by atoms with Crippen molar-refractivity contribution in [3.63, 3.8) is 0 Å². The van der Waals surface area contributed by atoms with Crippen molar-refractivity contribution in [3.8, 4) is 0 Å². The first-order valence-corrected chi connectivity index (χ1v) is 4.84. The van der Waals surface area contributed by atoms with Gasteiger partial charge < -0.3 is 10.5 Å². The van der Waals surface area contributed by atoms with Crippen molar-refractivity contribution in [2.45, 2.75) is 13.0 Å². The number of rotatable bonds is 5. The molecule has 0 radical (unpaired) electrons. The van der Waals surface area contributed by atoms with Gasteiger partial charge in [0.05, 0.1) is 6.61 Å². The molecule has 2 N–H and O–H groups in total. The van der Waals surface area contributed by atoms with Crippen LogP contribution in [0.5, 0.6) is 0 Å². The molecule has 0 fully saturated rings. The van der Waals surface area contributed by atoms with Gasteiger partial charge in [-0.2, -0.15) is 0 Å². The zero-order valence-electron chi connectivity index (χ0n) is 7.80. The summed E-state index contributed by atoms with van der Waals surface area (Å²) >= 11 is 5.80. The molecule has 0 aliphatic heterocycles. The summed E-state index contributed by atoms with van der Waals surface area (Å²) in [5.74, 6) is -0.328. The lowest BCUT2D eigenvalue weighted by molar-refractivity contribution is 0.117. The molecule has 2 nitrogen and oxygen atoms in total. The average Bonchev–Trinajstić information content (AvgIpc) is 2.16. The number of ether oxygens (including phenoxy) is 1. The van der Waals surface area contributed by atoms with Gasteiger partial charge in [0.15, 0.2) is 0 Å². The first kappa shape index (κ1) is 11.4. The van der Waals surface area contributed by atoms with Gasteiger partial charge in [-0.25, -0.2) is 4.39 Å². The third-order valence-corrected chi connectivity index (χ3v) is 2.15. The Hall–Kier alpha value is -0.640. The van der Waals surface area contributed by atoms with E-state index in [1.807, 2.05) is 0 Å². The van der Waals surface area contributed by atoms with Gasteiger partial charge in [-0.05, 0) is 25.1 Å². The van der Waals surface area contributed by atoms with Gasteiger partial charge in [0.2, 0.25) is 0 Å². The predicted molar refractivity (Wildman–Crippen MR) is 54.7 cm³/mol. The molecule has 0 heterocycles. The third kappa shape index (κ3) is 3.25. The molecule has 14 heavy (non-hydrogen) atoms. The van der Waals surface area contributed by atoms with E-state index in [2.05, 4.69) is 0 Å². The van der Waals surface area contributed by atoms with Crippen LogP contribution in [0.4, 0.5) is 4.39 Å². The molecule has 4 heteroatoms. The van der Waals surface area contributed by atoms with Crippen LogP contribution in [-0.2, 0) is 11.3 Å².